The van der Waals surface area contributed by atoms with Crippen molar-refractivity contribution in [2.75, 3.05) is 0 Å². The van der Waals surface area contributed by atoms with Gasteiger partial charge in [-0.05, 0) is 0 Å². The minimum atomic E-state index is -2.86. The molecular formula is C19HBr40O3S-. The van der Waals surface area contributed by atoms with Gasteiger partial charge in [-0.15, -0.1) is 0 Å². The highest BCUT2D eigenvalue weighted by molar-refractivity contribution is 9.44. The van der Waals surface area contributed by atoms with Crippen molar-refractivity contribution in [2.45, 2.75) is 59.3 Å². The molecule has 0 heterocycles. The first-order chi connectivity index (χ1) is 26.2. The largest absolute Gasteiger partial charge is 0.750 e. The molecule has 1 unspecified atom stereocenters. The lowest BCUT2D eigenvalue weighted by Crippen LogP contribution is -2.74. The Morgan fingerprint density at radius 2 is 0.254 bits per heavy atom. The van der Waals surface area contributed by atoms with Crippen molar-refractivity contribution in [1.82, 2.24) is 0 Å². The molecule has 0 bridgehead atoms. The normalized spacial score (nSPS) is 17.4. The van der Waals surface area contributed by atoms with Crippen LogP contribution >= 0.6 is 637 Å². The molecule has 382 valence electrons. The van der Waals surface area contributed by atoms with E-state index >= 15 is 0 Å². The van der Waals surface area contributed by atoms with E-state index in [1.807, 2.05) is 0 Å². The predicted octanol–water partition coefficient (Wildman–Crippen LogP) is 29.3. The lowest BCUT2D eigenvalue weighted by Gasteiger charge is -2.62. The molecule has 44 heteroatoms. The van der Waals surface area contributed by atoms with Crippen LogP contribution < -0.4 is 0 Å². The number of rotatable bonds is 16. The Morgan fingerprint density at radius 3 is 0.302 bits per heavy atom. The third-order valence-electron chi connectivity index (χ3n) is 7.02. The van der Waals surface area contributed by atoms with Crippen LogP contribution in [0.25, 0.3) is 0 Å². The summed E-state index contributed by atoms with van der Waals surface area (Å²) in [4.78, 5) is 0. The van der Waals surface area contributed by atoms with Gasteiger partial charge in [0.05, 0.1) is 11.4 Å². The van der Waals surface area contributed by atoms with E-state index in [9.17, 15) is 0 Å². The zero-order valence-corrected chi connectivity index (χ0v) is 90.5. The molecule has 0 saturated carbocycles. The summed E-state index contributed by atoms with van der Waals surface area (Å²) in [5.41, 5.74) is 0. The molecule has 0 aromatic carbocycles. The van der Waals surface area contributed by atoms with Gasteiger partial charge in [0, 0.05) is 0 Å². The van der Waals surface area contributed by atoms with E-state index in [1.54, 1.807) is 0 Å². The summed E-state index contributed by atoms with van der Waals surface area (Å²) in [7, 11) is 0. The molecule has 3 nitrogen and oxygen atoms in total. The zero-order valence-electron chi connectivity index (χ0n) is 26.3. The fraction of sp³-hybridized carbons (Fsp3) is 1.00. The third-order valence-corrected chi connectivity index (χ3v) is 91.5. The minimum absolute atomic E-state index is 0.917. The smallest absolute Gasteiger partial charge is 0.162 e. The fourth-order valence-electron chi connectivity index (χ4n) is 3.31. The molecule has 0 aliphatic rings. The molecule has 0 aromatic rings. The molecule has 1 N–H and O–H groups in total. The van der Waals surface area contributed by atoms with Gasteiger partial charge in [0.1, 0.15) is 55.0 Å². The number of hydrogen-bond donors (Lipinski definition) is 1. The van der Waals surface area contributed by atoms with E-state index in [0.29, 0.717) is 0 Å². The maximum absolute atomic E-state index is 8.56. The Labute approximate surface area is 702 Å². The number of halogens is 40. The van der Waals surface area contributed by atoms with Crippen LogP contribution in [0.1, 0.15) is 0 Å². The Morgan fingerprint density at radius 1 is 0.206 bits per heavy atom. The van der Waals surface area contributed by atoms with E-state index in [4.69, 9.17) is 13.3 Å². The Bertz CT molecular complexity index is 1530. The summed E-state index contributed by atoms with van der Waals surface area (Å²) in [5.74, 6) is 0. The quantitative estimate of drug-likeness (QED) is 0.124. The SMILES string of the molecule is BrC(Br)(Br)C(Br)(Br)C(Br)(Br)C(Br)(Br)C(Br)(Br)C(Br)(Br)C(Br)(Br)C(Br)(Br)C(Br)(Br)C(Br)(Br)C(Br)(Br)C(Br)(Br)C(Br)(Br)C(Br)(Br)C(Br)(Br)C(Br)(Br)C(Br)(Br)C(Br)(Br)C(Br)(Br)Br.O=S([O-])O. The predicted molar refractivity (Wildman–Crippen MR) is 421 cm³/mol. The first-order valence-electron chi connectivity index (χ1n) is 12.6. The molecular weight excluding hydrogens is 3500 g/mol. The van der Waals surface area contributed by atoms with E-state index in [-0.39, 0.29) is 0 Å². The Balaban J connectivity index is 0. The van der Waals surface area contributed by atoms with Gasteiger partial charge in [-0.3, -0.25) is 0 Å². The van der Waals surface area contributed by atoms with Crippen LogP contribution in [0.15, 0.2) is 0 Å². The van der Waals surface area contributed by atoms with Gasteiger partial charge < -0.3 is 9.11 Å². The minimum Gasteiger partial charge on any atom is -0.750 e. The van der Waals surface area contributed by atoms with Crippen LogP contribution in [0.4, 0.5) is 0 Å². The van der Waals surface area contributed by atoms with Crippen molar-refractivity contribution in [2.24, 2.45) is 0 Å². The van der Waals surface area contributed by atoms with Crippen LogP contribution in [0.5, 0.6) is 0 Å². The average Bonchev–Trinajstić information content (AvgIpc) is 3.01. The lowest BCUT2D eigenvalue weighted by atomic mass is 10.0. The van der Waals surface area contributed by atoms with Crippen LogP contribution in [0, 0.1) is 0 Å². The highest BCUT2D eigenvalue weighted by atomic mass is 80.0. The molecule has 0 fully saturated rings. The standard InChI is InChI=1S/C19Br40.H2O3S/c20-1(21,2(22,23)4(26,27)6(30,31)8(34,35)10(38,39)12(42,43)14(46,47)16(50,51)18(54,55)56)3(24,25)5(28,29)7(32,33)9(36,37)11(40,41)13(44,45)15(48,49)17(52,53)19(57,58)59;1-4(2)3/h;(H2,1,2,3)/p-1. The molecule has 0 saturated heterocycles. The second-order valence-electron chi connectivity index (χ2n) is 11.0. The molecule has 0 aromatic heterocycles. The van der Waals surface area contributed by atoms with E-state index < -0.39 is 70.6 Å². The van der Waals surface area contributed by atoms with Gasteiger partial charge in [-0.2, -0.15) is 0 Å². The summed E-state index contributed by atoms with van der Waals surface area (Å²) in [6, 6.07) is 0. The van der Waals surface area contributed by atoms with Crippen LogP contribution in [-0.4, -0.2) is 72.6 Å². The van der Waals surface area contributed by atoms with Crippen LogP contribution in [0.2, 0.25) is 0 Å². The van der Waals surface area contributed by atoms with Gasteiger partial charge in [0.25, 0.3) is 0 Å². The molecule has 0 spiro atoms. The highest BCUT2D eigenvalue weighted by Crippen LogP contribution is 2.84. The molecule has 0 radical (unpaired) electrons. The third kappa shape index (κ3) is 15.5. The van der Waals surface area contributed by atoms with E-state index in [1.165, 1.54) is 0 Å². The second-order valence-corrected chi connectivity index (χ2v) is 83.5. The molecule has 1 atom stereocenters. The Kier molecular flexibility index (Phi) is 37.7. The maximum Gasteiger partial charge on any atom is 0.162 e. The maximum atomic E-state index is 8.56. The van der Waals surface area contributed by atoms with Crippen molar-refractivity contribution in [1.29, 1.82) is 0 Å². The Hall–Kier alpha value is 19.3. The van der Waals surface area contributed by atoms with Gasteiger partial charge in [0.2, 0.25) is 0 Å². The summed E-state index contributed by atoms with van der Waals surface area (Å²) in [6.07, 6.45) is 0. The first kappa shape index (κ1) is 84.3. The van der Waals surface area contributed by atoms with Gasteiger partial charge >= 0.3 is 0 Å². The first-order valence-corrected chi connectivity index (χ1v) is 45.3. The highest BCUT2D eigenvalue weighted by Gasteiger charge is 2.85. The molecule has 0 aliphatic carbocycles. The van der Waals surface area contributed by atoms with Gasteiger partial charge in [0.15, 0.2) is 4.29 Å². The van der Waals surface area contributed by atoms with Crippen molar-refractivity contribution in [3.05, 3.63) is 0 Å². The van der Waals surface area contributed by atoms with Crippen molar-refractivity contribution >= 4 is 649 Å². The number of hydrogen-bond acceptors (Lipinski definition) is 2. The summed E-state index contributed by atoms with van der Waals surface area (Å²) in [5, 5.41) is 0. The summed E-state index contributed by atoms with van der Waals surface area (Å²) < 4.78 is 0.765. The van der Waals surface area contributed by atoms with Crippen molar-refractivity contribution in [3.8, 4) is 0 Å². The molecule has 0 amide bonds. The van der Waals surface area contributed by atoms with Crippen molar-refractivity contribution in [3.63, 3.8) is 0 Å². The van der Waals surface area contributed by atoms with Crippen LogP contribution in [-0.2, 0) is 11.4 Å². The monoisotopic (exact) mass is 3470 g/mol. The molecule has 0 aliphatic heterocycles. The van der Waals surface area contributed by atoms with Gasteiger partial charge in [-0.25, -0.2) is 4.21 Å². The molecule has 63 heavy (non-hydrogen) atoms. The zero-order chi connectivity index (χ0) is 53.1. The lowest BCUT2D eigenvalue weighted by molar-refractivity contribution is 0.436. The summed E-state index contributed by atoms with van der Waals surface area (Å²) >= 11 is 154. The van der Waals surface area contributed by atoms with E-state index in [2.05, 4.69) is 637 Å². The number of alkyl halides is 40. The fourth-order valence-corrected chi connectivity index (χ4v) is 43.3. The summed E-state index contributed by atoms with van der Waals surface area (Å²) in [6.45, 7) is 0. The van der Waals surface area contributed by atoms with Crippen molar-refractivity contribution < 1.29 is 13.3 Å². The second kappa shape index (κ2) is 28.2. The topological polar surface area (TPSA) is 60.4 Å². The van der Waals surface area contributed by atoms with Crippen LogP contribution in [0.3, 0.4) is 0 Å². The average molecular weight is 3510 g/mol. The molecule has 0 rings (SSSR count). The van der Waals surface area contributed by atoms with Gasteiger partial charge in [-0.1, -0.05) is 637 Å². The van der Waals surface area contributed by atoms with E-state index in [0.717, 1.165) is 0 Å².